The summed E-state index contributed by atoms with van der Waals surface area (Å²) >= 11 is 0. The minimum absolute atomic E-state index is 0.00637. The lowest BCUT2D eigenvalue weighted by atomic mass is 10.0. The van der Waals surface area contributed by atoms with Crippen LogP contribution in [0.2, 0.25) is 0 Å². The van der Waals surface area contributed by atoms with E-state index in [-0.39, 0.29) is 18.5 Å². The summed E-state index contributed by atoms with van der Waals surface area (Å²) in [4.78, 5) is 24.4. The molecule has 0 radical (unpaired) electrons. The molecule has 2 unspecified atom stereocenters. The number of nitrogens with one attached hydrogen (secondary N) is 1. The van der Waals surface area contributed by atoms with Crippen molar-refractivity contribution in [1.82, 2.24) is 5.32 Å². The number of aliphatic hydroxyl groups is 2. The smallest absolute Gasteiger partial charge is 0.305 e. The summed E-state index contributed by atoms with van der Waals surface area (Å²) in [7, 11) is 0. The molecule has 0 aliphatic carbocycles. The van der Waals surface area contributed by atoms with E-state index in [0.717, 1.165) is 38.5 Å². The molecule has 0 rings (SSSR count). The van der Waals surface area contributed by atoms with Gasteiger partial charge in [0.1, 0.15) is 0 Å². The molecule has 0 aromatic heterocycles. The Labute approximate surface area is 362 Å². The summed E-state index contributed by atoms with van der Waals surface area (Å²) in [5.74, 6) is -0.0358. The number of ether oxygens (including phenoxy) is 1. The van der Waals surface area contributed by atoms with Gasteiger partial charge in [-0.1, -0.05) is 258 Å². The minimum Gasteiger partial charge on any atom is -0.466 e. The maximum atomic E-state index is 12.4. The second kappa shape index (κ2) is 48.5. The summed E-state index contributed by atoms with van der Waals surface area (Å²) < 4.78 is 5.47. The Kier molecular flexibility index (Phi) is 47.6. The first-order chi connectivity index (χ1) is 28.5. The van der Waals surface area contributed by atoms with Gasteiger partial charge in [0.15, 0.2) is 0 Å². The predicted molar refractivity (Wildman–Crippen MR) is 250 cm³/mol. The molecule has 2 atom stereocenters. The Morgan fingerprint density at radius 1 is 0.414 bits per heavy atom. The normalized spacial score (nSPS) is 12.6. The van der Waals surface area contributed by atoms with Crippen molar-refractivity contribution in [3.63, 3.8) is 0 Å². The lowest BCUT2D eigenvalue weighted by molar-refractivity contribution is -0.143. The molecule has 0 aliphatic heterocycles. The quantitative estimate of drug-likeness (QED) is 0.0420. The van der Waals surface area contributed by atoms with E-state index in [1.54, 1.807) is 0 Å². The first kappa shape index (κ1) is 56.9. The van der Waals surface area contributed by atoms with Gasteiger partial charge >= 0.3 is 5.97 Å². The first-order valence-corrected chi connectivity index (χ1v) is 26.3. The van der Waals surface area contributed by atoms with Crippen LogP contribution < -0.4 is 5.32 Å². The van der Waals surface area contributed by atoms with Gasteiger partial charge in [0.25, 0.3) is 0 Å². The van der Waals surface area contributed by atoms with E-state index in [2.05, 4.69) is 19.2 Å². The summed E-state index contributed by atoms with van der Waals surface area (Å²) in [6.07, 6.45) is 53.6. The van der Waals surface area contributed by atoms with Crippen molar-refractivity contribution in [3.05, 3.63) is 0 Å². The van der Waals surface area contributed by atoms with Crippen molar-refractivity contribution in [2.45, 2.75) is 309 Å². The zero-order chi connectivity index (χ0) is 42.3. The van der Waals surface area contributed by atoms with E-state index in [0.29, 0.717) is 25.9 Å². The lowest BCUT2D eigenvalue weighted by Crippen LogP contribution is -2.45. The van der Waals surface area contributed by atoms with Gasteiger partial charge in [0.2, 0.25) is 5.91 Å². The van der Waals surface area contributed by atoms with Gasteiger partial charge in [-0.25, -0.2) is 0 Å². The number of aliphatic hydroxyl groups excluding tert-OH is 2. The predicted octanol–water partition coefficient (Wildman–Crippen LogP) is 15.6. The molecule has 0 aromatic rings. The summed E-state index contributed by atoms with van der Waals surface area (Å²) in [5.41, 5.74) is 0. The molecule has 0 aliphatic rings. The van der Waals surface area contributed by atoms with E-state index in [9.17, 15) is 19.8 Å². The third kappa shape index (κ3) is 44.4. The molecular weight excluding hydrogens is 719 g/mol. The standard InChI is InChI=1S/C52H103NO5/c1-3-5-7-9-11-13-15-16-19-23-26-30-34-38-42-46-52(57)58-47-43-39-35-31-27-24-21-18-17-20-22-25-29-33-37-41-45-51(56)53-49(48-54)50(55)44-40-36-32-28-14-12-10-8-6-4-2/h49-50,54-55H,3-48H2,1-2H3,(H,53,56). The molecule has 3 N–H and O–H groups in total. The Morgan fingerprint density at radius 3 is 1.05 bits per heavy atom. The highest BCUT2D eigenvalue weighted by Gasteiger charge is 2.20. The SMILES string of the molecule is CCCCCCCCCCCCCCCCCC(=O)OCCCCCCCCCCCCCCCCCCC(=O)NC(CO)C(O)CCCCCCCCCCCC. The molecule has 6 nitrogen and oxygen atoms in total. The minimum atomic E-state index is -0.665. The Balaban J connectivity index is 3.38. The molecule has 58 heavy (non-hydrogen) atoms. The molecule has 1 amide bonds. The number of hydrogen-bond donors (Lipinski definition) is 3. The Morgan fingerprint density at radius 2 is 0.707 bits per heavy atom. The van der Waals surface area contributed by atoms with Gasteiger partial charge in [-0.2, -0.15) is 0 Å². The highest BCUT2D eigenvalue weighted by atomic mass is 16.5. The van der Waals surface area contributed by atoms with Gasteiger partial charge in [0.05, 0.1) is 25.4 Å². The largest absolute Gasteiger partial charge is 0.466 e. The molecule has 0 aromatic carbocycles. The highest BCUT2D eigenvalue weighted by molar-refractivity contribution is 5.76. The average Bonchev–Trinajstić information content (AvgIpc) is 3.22. The molecule has 6 heteroatoms. The summed E-state index contributed by atoms with van der Waals surface area (Å²) in [6.45, 7) is 4.94. The molecule has 346 valence electrons. The van der Waals surface area contributed by atoms with Crippen LogP contribution in [0.3, 0.4) is 0 Å². The van der Waals surface area contributed by atoms with Crippen molar-refractivity contribution >= 4 is 11.9 Å². The topological polar surface area (TPSA) is 95.9 Å². The van der Waals surface area contributed by atoms with Crippen molar-refractivity contribution in [1.29, 1.82) is 0 Å². The highest BCUT2D eigenvalue weighted by Crippen LogP contribution is 2.17. The molecule has 0 heterocycles. The summed E-state index contributed by atoms with van der Waals surface area (Å²) in [6, 6.07) is -0.543. The fourth-order valence-corrected chi connectivity index (χ4v) is 8.35. The van der Waals surface area contributed by atoms with Crippen LogP contribution in [0.25, 0.3) is 0 Å². The molecular formula is C52H103NO5. The number of carbonyl (C=O) groups is 2. The van der Waals surface area contributed by atoms with E-state index in [1.807, 2.05) is 0 Å². The van der Waals surface area contributed by atoms with Crippen molar-refractivity contribution in [3.8, 4) is 0 Å². The van der Waals surface area contributed by atoms with Crippen LogP contribution in [-0.2, 0) is 14.3 Å². The fraction of sp³-hybridized carbons (Fsp3) is 0.962. The summed E-state index contributed by atoms with van der Waals surface area (Å²) in [5, 5.41) is 23.1. The monoisotopic (exact) mass is 822 g/mol. The van der Waals surface area contributed by atoms with Crippen LogP contribution in [0.4, 0.5) is 0 Å². The van der Waals surface area contributed by atoms with E-state index in [4.69, 9.17) is 4.74 Å². The van der Waals surface area contributed by atoms with Crippen molar-refractivity contribution < 1.29 is 24.5 Å². The number of rotatable bonds is 49. The van der Waals surface area contributed by atoms with Crippen molar-refractivity contribution in [2.24, 2.45) is 0 Å². The Hall–Kier alpha value is -1.14. The molecule has 0 saturated carbocycles. The van der Waals surface area contributed by atoms with Crippen LogP contribution in [0, 0.1) is 0 Å². The van der Waals surface area contributed by atoms with Crippen molar-refractivity contribution in [2.75, 3.05) is 13.2 Å². The third-order valence-electron chi connectivity index (χ3n) is 12.4. The number of esters is 1. The second-order valence-electron chi connectivity index (χ2n) is 18.2. The van der Waals surface area contributed by atoms with Gasteiger partial charge in [-0.15, -0.1) is 0 Å². The first-order valence-electron chi connectivity index (χ1n) is 26.3. The van der Waals surface area contributed by atoms with E-state index >= 15 is 0 Å². The number of amides is 1. The number of hydrogen-bond acceptors (Lipinski definition) is 5. The molecule has 0 bridgehead atoms. The number of carbonyl (C=O) groups excluding carboxylic acids is 2. The zero-order valence-corrected chi connectivity index (χ0v) is 39.3. The van der Waals surface area contributed by atoms with E-state index in [1.165, 1.54) is 225 Å². The van der Waals surface area contributed by atoms with Gasteiger partial charge in [-0.3, -0.25) is 9.59 Å². The third-order valence-corrected chi connectivity index (χ3v) is 12.4. The van der Waals surface area contributed by atoms with Crippen LogP contribution in [0.1, 0.15) is 296 Å². The molecule has 0 fully saturated rings. The van der Waals surface area contributed by atoms with Crippen LogP contribution >= 0.6 is 0 Å². The van der Waals surface area contributed by atoms with Gasteiger partial charge in [0, 0.05) is 12.8 Å². The van der Waals surface area contributed by atoms with Crippen LogP contribution in [0.15, 0.2) is 0 Å². The second-order valence-corrected chi connectivity index (χ2v) is 18.2. The average molecular weight is 822 g/mol. The number of unbranched alkanes of at least 4 members (excludes halogenated alkanes) is 38. The van der Waals surface area contributed by atoms with Crippen LogP contribution in [0.5, 0.6) is 0 Å². The lowest BCUT2D eigenvalue weighted by Gasteiger charge is -2.22. The Bertz CT molecular complexity index is 822. The zero-order valence-electron chi connectivity index (χ0n) is 39.3. The van der Waals surface area contributed by atoms with Gasteiger partial charge in [-0.05, 0) is 25.7 Å². The molecule has 0 saturated heterocycles. The molecule has 0 spiro atoms. The van der Waals surface area contributed by atoms with Crippen LogP contribution in [-0.4, -0.2) is 47.4 Å². The maximum absolute atomic E-state index is 12.4. The fourth-order valence-electron chi connectivity index (χ4n) is 8.35. The van der Waals surface area contributed by atoms with E-state index < -0.39 is 12.1 Å². The maximum Gasteiger partial charge on any atom is 0.305 e. The van der Waals surface area contributed by atoms with Gasteiger partial charge < -0.3 is 20.3 Å².